The summed E-state index contributed by atoms with van der Waals surface area (Å²) in [6.07, 6.45) is -15.7. The maximum absolute atomic E-state index is 14.7. The van der Waals surface area contributed by atoms with Crippen LogP contribution in [0.1, 0.15) is 36.4 Å². The maximum atomic E-state index is 14.7. The van der Waals surface area contributed by atoms with Gasteiger partial charge in [0.05, 0.1) is 36.2 Å². The molecule has 0 fully saturated rings. The number of hydrogen-bond acceptors (Lipinski definition) is 4. The molecule has 2 aromatic heterocycles. The molecular formula is C35H16F26N4. The Morgan fingerprint density at radius 2 is 0.615 bits per heavy atom. The van der Waals surface area contributed by atoms with E-state index in [-0.39, 0.29) is 34.6 Å². The van der Waals surface area contributed by atoms with Crippen molar-refractivity contribution in [2.45, 2.75) is 90.8 Å². The van der Waals surface area contributed by atoms with Gasteiger partial charge in [-0.05, 0) is 34.4 Å². The van der Waals surface area contributed by atoms with E-state index in [4.69, 9.17) is 0 Å². The quantitative estimate of drug-likeness (QED) is 0.133. The highest BCUT2D eigenvalue weighted by molar-refractivity contribution is 5.85. The summed E-state index contributed by atoms with van der Waals surface area (Å²) < 4.78 is 354. The van der Waals surface area contributed by atoms with E-state index in [2.05, 4.69) is 19.9 Å². The third-order valence-corrected chi connectivity index (χ3v) is 10.1. The molecule has 0 N–H and O–H groups in total. The van der Waals surface area contributed by atoms with E-state index in [0.29, 0.717) is 11.1 Å². The second-order valence-electron chi connectivity index (χ2n) is 14.5. The van der Waals surface area contributed by atoms with Crippen molar-refractivity contribution in [1.29, 1.82) is 0 Å². The number of rotatable bonds is 12. The maximum Gasteiger partial charge on any atom is 0.460 e. The van der Waals surface area contributed by atoms with Crippen molar-refractivity contribution in [2.24, 2.45) is 0 Å². The largest absolute Gasteiger partial charge is 0.460 e. The Balaban J connectivity index is 1.43. The molecule has 0 saturated carbocycles. The average Bonchev–Trinajstić information content (AvgIpc) is 3.41. The molecule has 4 aromatic rings. The van der Waals surface area contributed by atoms with Gasteiger partial charge in [0.15, 0.2) is 0 Å². The minimum absolute atomic E-state index is 0.162. The van der Waals surface area contributed by atoms with Gasteiger partial charge in [-0.2, -0.15) is 114 Å². The van der Waals surface area contributed by atoms with Crippen molar-refractivity contribution in [3.63, 3.8) is 0 Å². The molecule has 0 atom stereocenters. The summed E-state index contributed by atoms with van der Waals surface area (Å²) in [5.41, 5.74) is -6.74. The van der Waals surface area contributed by atoms with Crippen molar-refractivity contribution in [3.8, 4) is 33.6 Å². The summed E-state index contributed by atoms with van der Waals surface area (Å²) in [4.78, 5) is 12.2. The van der Waals surface area contributed by atoms with Crippen LogP contribution in [0.15, 0.2) is 61.2 Å². The van der Waals surface area contributed by atoms with Gasteiger partial charge >= 0.3 is 71.6 Å². The van der Waals surface area contributed by atoms with Gasteiger partial charge in [-0.25, -0.2) is 0 Å². The zero-order chi connectivity index (χ0) is 50.2. The number of aromatic nitrogens is 4. The zero-order valence-electron chi connectivity index (χ0n) is 30.9. The molecular weight excluding hydrogens is 970 g/mol. The van der Waals surface area contributed by atoms with Crippen molar-refractivity contribution in [1.82, 2.24) is 19.9 Å². The molecule has 1 aliphatic rings. The van der Waals surface area contributed by atoms with Crippen LogP contribution in [-0.2, 0) is 17.3 Å². The molecule has 4 nitrogen and oxygen atoms in total. The zero-order valence-corrected chi connectivity index (χ0v) is 30.9. The number of halogens is 26. The minimum Gasteiger partial charge on any atom is -0.252 e. The molecule has 2 aromatic carbocycles. The molecule has 1 aliphatic carbocycles. The molecule has 358 valence electrons. The molecule has 0 aliphatic heterocycles. The third-order valence-electron chi connectivity index (χ3n) is 10.1. The first-order chi connectivity index (χ1) is 28.9. The fourth-order valence-corrected chi connectivity index (χ4v) is 6.20. The molecule has 0 saturated heterocycles. The topological polar surface area (TPSA) is 51.6 Å². The van der Waals surface area contributed by atoms with Crippen LogP contribution in [0.5, 0.6) is 0 Å². The van der Waals surface area contributed by atoms with Gasteiger partial charge in [-0.1, -0.05) is 38.1 Å². The van der Waals surface area contributed by atoms with Crippen molar-refractivity contribution in [2.75, 3.05) is 0 Å². The Morgan fingerprint density at radius 3 is 0.862 bits per heavy atom. The first kappa shape index (κ1) is 50.8. The van der Waals surface area contributed by atoms with Crippen molar-refractivity contribution >= 4 is 0 Å². The van der Waals surface area contributed by atoms with Gasteiger partial charge in [0.1, 0.15) is 11.4 Å². The SMILES string of the molecule is CC1(C)c2cc(-c3cnc(C(F)(F)C(F)(F)C(F)(F)C(F)(F)C(F)(F)C(F)(F)F)cn3)ccc2-c2ccc(-c3cnc(C(F)(F)C(F)(F)C(F)(F)C(F)(F)C(F)(F)C(F)(F)F)cn3)cc21. The smallest absolute Gasteiger partial charge is 0.252 e. The average molecular weight is 986 g/mol. The van der Waals surface area contributed by atoms with Gasteiger partial charge in [-0.3, -0.25) is 19.9 Å². The summed E-state index contributed by atoms with van der Waals surface area (Å²) in [5.74, 6) is -77.2. The monoisotopic (exact) mass is 986 g/mol. The lowest BCUT2D eigenvalue weighted by molar-refractivity contribution is -0.442. The molecule has 0 amide bonds. The molecule has 65 heavy (non-hydrogen) atoms. The van der Waals surface area contributed by atoms with E-state index < -0.39 is 112 Å². The van der Waals surface area contributed by atoms with E-state index in [9.17, 15) is 114 Å². The van der Waals surface area contributed by atoms with Gasteiger partial charge in [0.2, 0.25) is 0 Å². The highest BCUT2D eigenvalue weighted by Gasteiger charge is 2.92. The third kappa shape index (κ3) is 6.81. The Hall–Kier alpha value is -5.22. The lowest BCUT2D eigenvalue weighted by atomic mass is 9.81. The molecule has 5 rings (SSSR count). The van der Waals surface area contributed by atoms with E-state index in [1.54, 1.807) is 0 Å². The van der Waals surface area contributed by atoms with Crippen LogP contribution in [0.2, 0.25) is 0 Å². The second kappa shape index (κ2) is 14.4. The van der Waals surface area contributed by atoms with Crippen LogP contribution in [0.25, 0.3) is 33.6 Å². The lowest BCUT2D eigenvalue weighted by Crippen LogP contribution is -2.69. The van der Waals surface area contributed by atoms with E-state index in [1.807, 2.05) is 0 Å². The molecule has 0 spiro atoms. The first-order valence-corrected chi connectivity index (χ1v) is 16.7. The number of fused-ring (bicyclic) bond motifs is 3. The van der Waals surface area contributed by atoms with Crippen LogP contribution in [0.3, 0.4) is 0 Å². The second-order valence-corrected chi connectivity index (χ2v) is 14.5. The van der Waals surface area contributed by atoms with Crippen molar-refractivity contribution < 1.29 is 114 Å². The number of alkyl halides is 26. The van der Waals surface area contributed by atoms with Crippen LogP contribution in [-0.4, -0.2) is 79.7 Å². The molecule has 0 radical (unpaired) electrons. The van der Waals surface area contributed by atoms with E-state index >= 15 is 0 Å². The van der Waals surface area contributed by atoms with Crippen LogP contribution in [0, 0.1) is 0 Å². The Kier molecular flexibility index (Phi) is 11.2. The van der Waals surface area contributed by atoms with Crippen LogP contribution >= 0.6 is 0 Å². The van der Waals surface area contributed by atoms with Gasteiger partial charge in [0.25, 0.3) is 0 Å². The number of nitrogens with zero attached hydrogens (tertiary/aromatic N) is 4. The van der Waals surface area contributed by atoms with Gasteiger partial charge < -0.3 is 0 Å². The van der Waals surface area contributed by atoms with Crippen molar-refractivity contribution in [3.05, 3.63) is 83.7 Å². The fraction of sp³-hybridized carbons (Fsp3) is 0.429. The first-order valence-electron chi connectivity index (χ1n) is 16.7. The van der Waals surface area contributed by atoms with E-state index in [1.165, 1.54) is 38.1 Å². The molecule has 0 unspecified atom stereocenters. The standard InChI is InChI=1S/C35H16F26N4/c1-23(2)17-7-13(19-9-64-21(11-62-19)24(36,37)26(40,41)28(44,45)30(48,49)32(52,53)34(56,57)58)3-5-15(17)16-6-4-14(8-18(16)23)20-10-65-22(12-63-20)25(38,39)27(42,43)29(46,47)31(50,51)33(54,55)35(59,60)61/h3-12H,1-2H3. The number of benzene rings is 2. The molecule has 0 bridgehead atoms. The Labute approximate surface area is 342 Å². The molecule has 30 heteroatoms. The highest BCUT2D eigenvalue weighted by Crippen LogP contribution is 2.64. The van der Waals surface area contributed by atoms with E-state index in [0.717, 1.165) is 12.1 Å². The molecule has 2 heterocycles. The highest BCUT2D eigenvalue weighted by atomic mass is 19.4. The summed E-state index contributed by atoms with van der Waals surface area (Å²) in [7, 11) is 0. The Morgan fingerprint density at radius 1 is 0.338 bits per heavy atom. The minimum atomic E-state index is -8.16. The Bertz CT molecular complexity index is 2280. The summed E-state index contributed by atoms with van der Waals surface area (Å²) in [6.45, 7) is 2.94. The lowest BCUT2D eigenvalue weighted by Gasteiger charge is -2.39. The van der Waals surface area contributed by atoms with Gasteiger partial charge in [0, 0.05) is 16.5 Å². The fourth-order valence-electron chi connectivity index (χ4n) is 6.20. The predicted molar refractivity (Wildman–Crippen MR) is 166 cm³/mol. The van der Waals surface area contributed by atoms with Gasteiger partial charge in [-0.15, -0.1) is 0 Å². The summed E-state index contributed by atoms with van der Waals surface area (Å²) in [6, 6.07) is 7.32. The summed E-state index contributed by atoms with van der Waals surface area (Å²) >= 11 is 0. The van der Waals surface area contributed by atoms with Crippen LogP contribution < -0.4 is 0 Å². The summed E-state index contributed by atoms with van der Waals surface area (Å²) in [5, 5.41) is 0. The normalized spacial score (nSPS) is 16.1. The predicted octanol–water partition coefficient (Wildman–Crippen LogP) is 13.3. The van der Waals surface area contributed by atoms with Crippen LogP contribution in [0.4, 0.5) is 114 Å². The number of hydrogen-bond donors (Lipinski definition) is 0.